The summed E-state index contributed by atoms with van der Waals surface area (Å²) < 4.78 is 25.3. The Morgan fingerprint density at radius 3 is 2.15 bits per heavy atom. The van der Waals surface area contributed by atoms with Crippen LogP contribution >= 0.6 is 0 Å². The summed E-state index contributed by atoms with van der Waals surface area (Å²) in [5.74, 6) is 0. The van der Waals surface area contributed by atoms with E-state index in [1.165, 1.54) is 0 Å². The van der Waals surface area contributed by atoms with Crippen molar-refractivity contribution >= 4 is 0 Å². The van der Waals surface area contributed by atoms with Crippen molar-refractivity contribution in [3.63, 3.8) is 0 Å². The van der Waals surface area contributed by atoms with Crippen LogP contribution in [0.3, 0.4) is 0 Å². The van der Waals surface area contributed by atoms with Crippen LogP contribution in [0.2, 0.25) is 0 Å². The quantitative estimate of drug-likeness (QED) is 0.672. The number of hydrogen-bond donors (Lipinski definition) is 0. The highest BCUT2D eigenvalue weighted by Crippen LogP contribution is 2.08. The highest BCUT2D eigenvalue weighted by molar-refractivity contribution is 5.15. The number of rotatable bonds is 2. The second kappa shape index (κ2) is 5.73. The largest absolute Gasteiger partial charge is 0.346 e. The Morgan fingerprint density at radius 2 is 1.85 bits per heavy atom. The molecular formula is C10H17F2N. The zero-order chi connectivity index (χ0) is 10.4. The molecular weight excluding hydrogens is 172 g/mol. The third-order valence-corrected chi connectivity index (χ3v) is 1.58. The van der Waals surface area contributed by atoms with Crippen molar-refractivity contribution in [2.24, 2.45) is 0 Å². The van der Waals surface area contributed by atoms with E-state index in [1.807, 2.05) is 33.8 Å². The van der Waals surface area contributed by atoms with Gasteiger partial charge in [0.15, 0.2) is 0 Å². The molecule has 0 atom stereocenters. The molecule has 0 saturated carbocycles. The Kier molecular flexibility index (Phi) is 5.35. The van der Waals surface area contributed by atoms with Gasteiger partial charge in [-0.25, -0.2) is 8.78 Å². The average molecular weight is 189 g/mol. The maximum Gasteiger partial charge on any atom is 0.256 e. The standard InChI is InChI=1S/C8H11F2N.C2H6/c1-6-3-7(2)11(4-6)5-8(9)10;1-2/h3-4,8H,5H2,1-2H3;1-2H3. The van der Waals surface area contributed by atoms with Crippen molar-refractivity contribution < 1.29 is 8.78 Å². The summed E-state index contributed by atoms with van der Waals surface area (Å²) in [6, 6.07) is 1.89. The molecule has 1 aromatic heterocycles. The molecule has 0 bridgehead atoms. The summed E-state index contributed by atoms with van der Waals surface area (Å²) in [7, 11) is 0. The molecule has 13 heavy (non-hydrogen) atoms. The van der Waals surface area contributed by atoms with Crippen LogP contribution in [-0.4, -0.2) is 11.0 Å². The van der Waals surface area contributed by atoms with E-state index in [0.717, 1.165) is 11.3 Å². The van der Waals surface area contributed by atoms with Gasteiger partial charge in [-0.2, -0.15) is 0 Å². The van der Waals surface area contributed by atoms with E-state index < -0.39 is 6.43 Å². The van der Waals surface area contributed by atoms with Crippen LogP contribution in [0.5, 0.6) is 0 Å². The minimum Gasteiger partial charge on any atom is -0.346 e. The molecule has 0 aliphatic rings. The van der Waals surface area contributed by atoms with E-state index >= 15 is 0 Å². The fourth-order valence-corrected chi connectivity index (χ4v) is 1.14. The Labute approximate surface area is 78.4 Å². The number of hydrogen-bond acceptors (Lipinski definition) is 0. The molecule has 0 radical (unpaired) electrons. The van der Waals surface area contributed by atoms with Gasteiger partial charge in [0.1, 0.15) is 0 Å². The van der Waals surface area contributed by atoms with Crippen LogP contribution in [0.25, 0.3) is 0 Å². The predicted molar refractivity (Wildman–Crippen MR) is 51.3 cm³/mol. The van der Waals surface area contributed by atoms with Gasteiger partial charge in [0.25, 0.3) is 6.43 Å². The minimum atomic E-state index is -2.26. The van der Waals surface area contributed by atoms with Crippen molar-refractivity contribution in [1.29, 1.82) is 0 Å². The lowest BCUT2D eigenvalue weighted by molar-refractivity contribution is 0.126. The molecule has 1 rings (SSSR count). The van der Waals surface area contributed by atoms with Crippen LogP contribution in [0.1, 0.15) is 25.1 Å². The van der Waals surface area contributed by atoms with E-state index in [1.54, 1.807) is 10.8 Å². The normalized spacial score (nSPS) is 9.77. The first-order valence-electron chi connectivity index (χ1n) is 4.51. The predicted octanol–water partition coefficient (Wildman–Crippen LogP) is 3.40. The Morgan fingerprint density at radius 1 is 1.31 bits per heavy atom. The molecule has 0 aromatic carbocycles. The van der Waals surface area contributed by atoms with E-state index in [2.05, 4.69) is 0 Å². The van der Waals surface area contributed by atoms with Gasteiger partial charge in [-0.15, -0.1) is 0 Å². The lowest BCUT2D eigenvalue weighted by Gasteiger charge is -2.03. The van der Waals surface area contributed by atoms with Gasteiger partial charge in [-0.1, -0.05) is 13.8 Å². The number of aryl methyl sites for hydroxylation is 2. The molecule has 0 aliphatic carbocycles. The molecule has 0 aliphatic heterocycles. The molecule has 1 aromatic rings. The Bertz CT molecular complexity index is 241. The monoisotopic (exact) mass is 189 g/mol. The van der Waals surface area contributed by atoms with Crippen molar-refractivity contribution in [3.8, 4) is 0 Å². The number of aromatic nitrogens is 1. The van der Waals surface area contributed by atoms with Crippen LogP contribution < -0.4 is 0 Å². The summed E-state index contributed by atoms with van der Waals surface area (Å²) in [4.78, 5) is 0. The summed E-state index contributed by atoms with van der Waals surface area (Å²) in [6.07, 6.45) is -0.526. The van der Waals surface area contributed by atoms with Crippen LogP contribution in [0.15, 0.2) is 12.3 Å². The zero-order valence-electron chi connectivity index (χ0n) is 8.64. The Hall–Kier alpha value is -0.860. The number of nitrogens with zero attached hydrogens (tertiary/aromatic N) is 1. The minimum absolute atomic E-state index is 0.195. The molecule has 76 valence electrons. The first-order valence-corrected chi connectivity index (χ1v) is 4.51. The maximum absolute atomic E-state index is 11.9. The number of alkyl halides is 2. The van der Waals surface area contributed by atoms with Gasteiger partial charge in [0.2, 0.25) is 0 Å². The average Bonchev–Trinajstić information content (AvgIpc) is 2.33. The summed E-state index contributed by atoms with van der Waals surface area (Å²) in [6.45, 7) is 7.53. The lowest BCUT2D eigenvalue weighted by atomic mass is 10.4. The van der Waals surface area contributed by atoms with Crippen LogP contribution in [-0.2, 0) is 6.54 Å². The molecule has 1 nitrogen and oxygen atoms in total. The molecule has 0 fully saturated rings. The first kappa shape index (κ1) is 12.1. The zero-order valence-corrected chi connectivity index (χ0v) is 8.64. The maximum atomic E-state index is 11.9. The molecule has 0 spiro atoms. The molecule has 1 heterocycles. The van der Waals surface area contributed by atoms with Crippen molar-refractivity contribution in [2.45, 2.75) is 40.7 Å². The van der Waals surface area contributed by atoms with Gasteiger partial charge in [-0.05, 0) is 25.5 Å². The van der Waals surface area contributed by atoms with Gasteiger partial charge in [0, 0.05) is 11.9 Å². The van der Waals surface area contributed by atoms with E-state index in [-0.39, 0.29) is 6.54 Å². The fraction of sp³-hybridized carbons (Fsp3) is 0.600. The van der Waals surface area contributed by atoms with E-state index in [9.17, 15) is 8.78 Å². The van der Waals surface area contributed by atoms with Crippen molar-refractivity contribution in [2.75, 3.05) is 0 Å². The van der Waals surface area contributed by atoms with Crippen molar-refractivity contribution in [1.82, 2.24) is 4.57 Å². The van der Waals surface area contributed by atoms with Crippen LogP contribution in [0.4, 0.5) is 8.78 Å². The first-order chi connectivity index (χ1) is 6.09. The summed E-state index contributed by atoms with van der Waals surface area (Å²) in [5, 5.41) is 0. The van der Waals surface area contributed by atoms with E-state index in [4.69, 9.17) is 0 Å². The second-order valence-corrected chi connectivity index (χ2v) is 2.70. The smallest absolute Gasteiger partial charge is 0.256 e. The molecule has 0 saturated heterocycles. The SMILES string of the molecule is CC.Cc1cc(C)n(CC(F)F)c1. The highest BCUT2D eigenvalue weighted by atomic mass is 19.3. The number of halogens is 2. The van der Waals surface area contributed by atoms with Gasteiger partial charge in [0.05, 0.1) is 6.54 Å². The molecule has 0 unspecified atom stereocenters. The third-order valence-electron chi connectivity index (χ3n) is 1.58. The fourth-order valence-electron chi connectivity index (χ4n) is 1.14. The summed E-state index contributed by atoms with van der Waals surface area (Å²) >= 11 is 0. The lowest BCUT2D eigenvalue weighted by Crippen LogP contribution is -2.06. The molecule has 0 N–H and O–H groups in total. The van der Waals surface area contributed by atoms with Gasteiger partial charge < -0.3 is 4.57 Å². The molecule has 0 amide bonds. The Balaban J connectivity index is 0.000000671. The van der Waals surface area contributed by atoms with Gasteiger partial charge >= 0.3 is 0 Å². The van der Waals surface area contributed by atoms with E-state index in [0.29, 0.717) is 0 Å². The topological polar surface area (TPSA) is 4.93 Å². The second-order valence-electron chi connectivity index (χ2n) is 2.70. The summed E-state index contributed by atoms with van der Waals surface area (Å²) in [5.41, 5.74) is 1.92. The molecule has 3 heteroatoms. The highest BCUT2D eigenvalue weighted by Gasteiger charge is 2.05. The van der Waals surface area contributed by atoms with Gasteiger partial charge in [-0.3, -0.25) is 0 Å². The van der Waals surface area contributed by atoms with Crippen molar-refractivity contribution in [3.05, 3.63) is 23.5 Å². The van der Waals surface area contributed by atoms with Crippen LogP contribution in [0, 0.1) is 13.8 Å². The third kappa shape index (κ3) is 4.06.